The lowest BCUT2D eigenvalue weighted by Gasteiger charge is -2.37. The lowest BCUT2D eigenvalue weighted by Crippen LogP contribution is -2.56. The number of benzene rings is 2. The molecule has 5 rings (SSSR count). The molecule has 6 nitrogen and oxygen atoms in total. The zero-order chi connectivity index (χ0) is 17.5. The van der Waals surface area contributed by atoms with E-state index in [9.17, 15) is 4.79 Å². The molecule has 1 fully saturated rings. The van der Waals surface area contributed by atoms with Crippen molar-refractivity contribution in [2.75, 3.05) is 13.1 Å². The van der Waals surface area contributed by atoms with E-state index >= 15 is 0 Å². The summed E-state index contributed by atoms with van der Waals surface area (Å²) in [5.41, 5.74) is 2.80. The number of thiazole rings is 1. The van der Waals surface area contributed by atoms with Crippen molar-refractivity contribution in [1.29, 1.82) is 0 Å². The Morgan fingerprint density at radius 2 is 1.73 bits per heavy atom. The molecular weight excluding hydrogens is 348 g/mol. The molecule has 0 bridgehead atoms. The van der Waals surface area contributed by atoms with Gasteiger partial charge < -0.3 is 9.64 Å². The molecule has 2 aromatic heterocycles. The standard InChI is InChI=1S/C19H14N4O2S/c24-18(16-9-20-13-5-1-2-6-14(13)21-16)23-10-12(11-23)25-19-22-15-7-3-4-8-17(15)26-19/h1-9,12H,10-11H2. The Hall–Kier alpha value is -3.06. The van der Waals surface area contributed by atoms with Crippen molar-refractivity contribution in [2.45, 2.75) is 6.10 Å². The van der Waals surface area contributed by atoms with Crippen LogP contribution in [-0.2, 0) is 0 Å². The topological polar surface area (TPSA) is 68.2 Å². The fourth-order valence-electron chi connectivity index (χ4n) is 2.94. The van der Waals surface area contributed by atoms with Gasteiger partial charge in [0.15, 0.2) is 0 Å². The minimum Gasteiger partial charge on any atom is -0.463 e. The molecule has 3 heterocycles. The van der Waals surface area contributed by atoms with Crippen LogP contribution in [0.3, 0.4) is 0 Å². The fourth-order valence-corrected chi connectivity index (χ4v) is 3.83. The van der Waals surface area contributed by atoms with Crippen LogP contribution in [0, 0.1) is 0 Å². The van der Waals surface area contributed by atoms with E-state index in [2.05, 4.69) is 15.0 Å². The maximum Gasteiger partial charge on any atom is 0.274 e. The molecule has 0 saturated carbocycles. The van der Waals surface area contributed by atoms with Gasteiger partial charge in [0.25, 0.3) is 11.1 Å². The molecule has 0 atom stereocenters. The molecule has 1 aliphatic rings. The number of nitrogens with zero attached hydrogens (tertiary/aromatic N) is 4. The molecule has 0 aliphatic carbocycles. The number of rotatable bonds is 3. The van der Waals surface area contributed by atoms with Gasteiger partial charge in [-0.25, -0.2) is 9.97 Å². The van der Waals surface area contributed by atoms with Crippen LogP contribution in [0.25, 0.3) is 21.3 Å². The quantitative estimate of drug-likeness (QED) is 0.560. The lowest BCUT2D eigenvalue weighted by atomic mass is 10.1. The molecule has 26 heavy (non-hydrogen) atoms. The van der Waals surface area contributed by atoms with E-state index in [4.69, 9.17) is 4.74 Å². The van der Waals surface area contributed by atoms with Crippen LogP contribution in [0.4, 0.5) is 0 Å². The van der Waals surface area contributed by atoms with Crippen molar-refractivity contribution in [1.82, 2.24) is 19.9 Å². The van der Waals surface area contributed by atoms with Crippen LogP contribution in [0.15, 0.2) is 54.7 Å². The van der Waals surface area contributed by atoms with Crippen LogP contribution >= 0.6 is 11.3 Å². The van der Waals surface area contributed by atoms with Gasteiger partial charge in [0.2, 0.25) is 0 Å². The Kier molecular flexibility index (Phi) is 3.53. The highest BCUT2D eigenvalue weighted by molar-refractivity contribution is 7.20. The first-order valence-corrected chi connectivity index (χ1v) is 9.11. The molecule has 1 saturated heterocycles. The smallest absolute Gasteiger partial charge is 0.274 e. The van der Waals surface area contributed by atoms with Gasteiger partial charge in [-0.15, -0.1) is 0 Å². The van der Waals surface area contributed by atoms with Crippen molar-refractivity contribution in [3.8, 4) is 5.19 Å². The Bertz CT molecular complexity index is 1090. The zero-order valence-electron chi connectivity index (χ0n) is 13.7. The molecule has 1 aliphatic heterocycles. The van der Waals surface area contributed by atoms with E-state index in [1.165, 1.54) is 17.5 Å². The largest absolute Gasteiger partial charge is 0.463 e. The Morgan fingerprint density at radius 3 is 2.54 bits per heavy atom. The zero-order valence-corrected chi connectivity index (χ0v) is 14.5. The van der Waals surface area contributed by atoms with E-state index < -0.39 is 0 Å². The Morgan fingerprint density at radius 1 is 1.00 bits per heavy atom. The monoisotopic (exact) mass is 362 g/mol. The summed E-state index contributed by atoms with van der Waals surface area (Å²) >= 11 is 1.52. The van der Waals surface area contributed by atoms with Crippen molar-refractivity contribution in [2.24, 2.45) is 0 Å². The van der Waals surface area contributed by atoms with Gasteiger partial charge in [0, 0.05) is 0 Å². The third-order valence-corrected chi connectivity index (χ3v) is 5.27. The van der Waals surface area contributed by atoms with Crippen LogP contribution in [0.1, 0.15) is 10.5 Å². The molecule has 1 amide bonds. The van der Waals surface area contributed by atoms with Crippen LogP contribution in [0.2, 0.25) is 0 Å². The second-order valence-corrected chi connectivity index (χ2v) is 7.13. The summed E-state index contributed by atoms with van der Waals surface area (Å²) in [5, 5.41) is 0.647. The van der Waals surface area contributed by atoms with Gasteiger partial charge in [-0.2, -0.15) is 0 Å². The van der Waals surface area contributed by atoms with E-state index in [0.717, 1.165) is 21.3 Å². The second-order valence-electron chi connectivity index (χ2n) is 6.14. The number of hydrogen-bond acceptors (Lipinski definition) is 6. The summed E-state index contributed by atoms with van der Waals surface area (Å²) in [5.74, 6) is -0.118. The second kappa shape index (κ2) is 6.03. The number of amides is 1. The summed E-state index contributed by atoms with van der Waals surface area (Å²) in [7, 11) is 0. The van der Waals surface area contributed by atoms with Crippen LogP contribution in [0.5, 0.6) is 5.19 Å². The molecular formula is C19H14N4O2S. The maximum atomic E-state index is 12.6. The molecule has 0 unspecified atom stereocenters. The number of hydrogen-bond donors (Lipinski definition) is 0. The highest BCUT2D eigenvalue weighted by atomic mass is 32.1. The molecule has 2 aromatic carbocycles. The molecule has 0 radical (unpaired) electrons. The maximum absolute atomic E-state index is 12.6. The first kappa shape index (κ1) is 15.2. The summed E-state index contributed by atoms with van der Waals surface area (Å²) in [6.07, 6.45) is 1.50. The summed E-state index contributed by atoms with van der Waals surface area (Å²) < 4.78 is 7.00. The van der Waals surface area contributed by atoms with E-state index in [1.807, 2.05) is 48.5 Å². The van der Waals surface area contributed by atoms with Gasteiger partial charge in [0.05, 0.1) is 40.5 Å². The third-order valence-electron chi connectivity index (χ3n) is 4.34. The van der Waals surface area contributed by atoms with Crippen molar-refractivity contribution >= 4 is 38.5 Å². The van der Waals surface area contributed by atoms with Gasteiger partial charge in [-0.05, 0) is 24.3 Å². The predicted molar refractivity (Wildman–Crippen MR) is 99.5 cm³/mol. The molecule has 7 heteroatoms. The van der Waals surface area contributed by atoms with Crippen molar-refractivity contribution < 1.29 is 9.53 Å². The highest BCUT2D eigenvalue weighted by Crippen LogP contribution is 2.29. The number of likely N-dealkylation sites (tertiary alicyclic amines) is 1. The van der Waals surface area contributed by atoms with Gasteiger partial charge in [0.1, 0.15) is 11.8 Å². The normalized spacial score (nSPS) is 14.5. The first-order valence-electron chi connectivity index (χ1n) is 8.29. The van der Waals surface area contributed by atoms with E-state index in [1.54, 1.807) is 4.90 Å². The average Bonchev–Trinajstić information content (AvgIpc) is 3.06. The van der Waals surface area contributed by atoms with Gasteiger partial charge >= 0.3 is 0 Å². The number of fused-ring (bicyclic) bond motifs is 2. The fraction of sp³-hybridized carbons (Fsp3) is 0.158. The van der Waals surface area contributed by atoms with Crippen molar-refractivity contribution in [3.63, 3.8) is 0 Å². The molecule has 0 spiro atoms. The lowest BCUT2D eigenvalue weighted by molar-refractivity contribution is 0.0173. The summed E-state index contributed by atoms with van der Waals surface area (Å²) in [6, 6.07) is 15.5. The van der Waals surface area contributed by atoms with Crippen molar-refractivity contribution in [3.05, 3.63) is 60.4 Å². The molecule has 128 valence electrons. The number of carbonyl (C=O) groups excluding carboxylic acids is 1. The predicted octanol–water partition coefficient (Wildman–Crippen LogP) is 3.14. The summed E-state index contributed by atoms with van der Waals surface area (Å²) in [6.45, 7) is 1.06. The highest BCUT2D eigenvalue weighted by Gasteiger charge is 2.34. The Labute approximate surface area is 153 Å². The molecule has 0 N–H and O–H groups in total. The summed E-state index contributed by atoms with van der Waals surface area (Å²) in [4.78, 5) is 27.5. The SMILES string of the molecule is O=C(c1cnc2ccccc2n1)N1CC(Oc2nc3ccccc3s2)C1. The van der Waals surface area contributed by atoms with Gasteiger partial charge in [-0.3, -0.25) is 9.78 Å². The number of para-hydroxylation sites is 3. The third kappa shape index (κ3) is 2.66. The molecule has 4 aromatic rings. The first-order chi connectivity index (χ1) is 12.8. The van der Waals surface area contributed by atoms with E-state index in [-0.39, 0.29) is 12.0 Å². The van der Waals surface area contributed by atoms with E-state index in [0.29, 0.717) is 24.0 Å². The average molecular weight is 362 g/mol. The number of carbonyl (C=O) groups is 1. The number of ether oxygens (including phenoxy) is 1. The van der Waals surface area contributed by atoms with Crippen LogP contribution in [-0.4, -0.2) is 45.0 Å². The van der Waals surface area contributed by atoms with Crippen LogP contribution < -0.4 is 4.74 Å². The Balaban J connectivity index is 1.26. The minimum absolute atomic E-state index is 0.0343. The minimum atomic E-state index is -0.118. The number of aromatic nitrogens is 3. The van der Waals surface area contributed by atoms with Gasteiger partial charge in [-0.1, -0.05) is 35.6 Å².